The van der Waals surface area contributed by atoms with Crippen LogP contribution >= 0.6 is 0 Å². The van der Waals surface area contributed by atoms with Crippen molar-refractivity contribution < 1.29 is 0 Å². The molecule has 3 N–H and O–H groups in total. The number of benzene rings is 2. The number of aromatic amines is 1. The van der Waals surface area contributed by atoms with Crippen LogP contribution < -0.4 is 11.4 Å². The minimum Gasteiger partial charge on any atom is -0.319 e. The van der Waals surface area contributed by atoms with Gasteiger partial charge in [-0.1, -0.05) is 36.4 Å². The first-order chi connectivity index (χ1) is 9.48. The standard InChI is InChI=1S/C15H16N4O/c1-15(2,16)13-17-18-14(20)19(13)12-9-5-7-10-6-3-4-8-11(10)12/h3-9H,16H2,1-2H3,(H,18,20). The summed E-state index contributed by atoms with van der Waals surface area (Å²) in [5.41, 5.74) is 5.90. The fourth-order valence-corrected chi connectivity index (χ4v) is 2.36. The van der Waals surface area contributed by atoms with E-state index < -0.39 is 5.54 Å². The Bertz CT molecular complexity index is 818. The molecule has 3 rings (SSSR count). The maximum absolute atomic E-state index is 12.1. The number of nitrogens with zero attached hydrogens (tertiary/aromatic N) is 2. The zero-order valence-corrected chi connectivity index (χ0v) is 11.4. The van der Waals surface area contributed by atoms with E-state index in [0.717, 1.165) is 16.5 Å². The van der Waals surface area contributed by atoms with Crippen molar-refractivity contribution in [2.24, 2.45) is 5.73 Å². The van der Waals surface area contributed by atoms with Crippen molar-refractivity contribution in [2.75, 3.05) is 0 Å². The highest BCUT2D eigenvalue weighted by Crippen LogP contribution is 2.24. The average molecular weight is 268 g/mol. The predicted octanol–water partition coefficient (Wildman–Crippen LogP) is 1.91. The van der Waals surface area contributed by atoms with E-state index in [9.17, 15) is 4.79 Å². The monoisotopic (exact) mass is 268 g/mol. The first-order valence-electron chi connectivity index (χ1n) is 6.43. The zero-order chi connectivity index (χ0) is 14.3. The SMILES string of the molecule is CC(C)(N)c1n[nH]c(=O)n1-c1cccc2ccccc12. The first kappa shape index (κ1) is 12.6. The van der Waals surface area contributed by atoms with Crippen LogP contribution in [0.5, 0.6) is 0 Å². The van der Waals surface area contributed by atoms with E-state index in [0.29, 0.717) is 5.82 Å². The molecular weight excluding hydrogens is 252 g/mol. The summed E-state index contributed by atoms with van der Waals surface area (Å²) in [5, 5.41) is 8.61. The van der Waals surface area contributed by atoms with E-state index in [1.807, 2.05) is 56.3 Å². The van der Waals surface area contributed by atoms with E-state index in [4.69, 9.17) is 5.73 Å². The second-order valence-electron chi connectivity index (χ2n) is 5.41. The van der Waals surface area contributed by atoms with E-state index in [2.05, 4.69) is 10.2 Å². The van der Waals surface area contributed by atoms with Crippen molar-refractivity contribution in [3.8, 4) is 5.69 Å². The van der Waals surface area contributed by atoms with Gasteiger partial charge in [-0.05, 0) is 25.3 Å². The van der Waals surface area contributed by atoms with Gasteiger partial charge in [0.25, 0.3) is 0 Å². The minimum atomic E-state index is -0.712. The molecule has 3 aromatic rings. The lowest BCUT2D eigenvalue weighted by Gasteiger charge is -2.19. The van der Waals surface area contributed by atoms with Crippen LogP contribution in [0.3, 0.4) is 0 Å². The van der Waals surface area contributed by atoms with Gasteiger partial charge < -0.3 is 5.73 Å². The number of nitrogens with one attached hydrogen (secondary N) is 1. The highest BCUT2D eigenvalue weighted by Gasteiger charge is 2.24. The predicted molar refractivity (Wildman–Crippen MR) is 78.9 cm³/mol. The minimum absolute atomic E-state index is 0.283. The van der Waals surface area contributed by atoms with E-state index in [-0.39, 0.29) is 5.69 Å². The molecular formula is C15H16N4O. The molecule has 5 heteroatoms. The smallest absolute Gasteiger partial charge is 0.319 e. The summed E-state index contributed by atoms with van der Waals surface area (Å²) in [7, 11) is 0. The molecule has 0 aliphatic rings. The molecule has 0 atom stereocenters. The molecule has 0 unspecified atom stereocenters. The van der Waals surface area contributed by atoms with E-state index in [1.54, 1.807) is 4.57 Å². The molecule has 0 saturated heterocycles. The molecule has 2 aromatic carbocycles. The van der Waals surface area contributed by atoms with Gasteiger partial charge >= 0.3 is 5.69 Å². The Morgan fingerprint density at radius 2 is 1.85 bits per heavy atom. The van der Waals surface area contributed by atoms with Gasteiger partial charge in [-0.2, -0.15) is 5.10 Å². The Hall–Kier alpha value is -2.40. The Labute approximate surface area is 116 Å². The van der Waals surface area contributed by atoms with E-state index >= 15 is 0 Å². The van der Waals surface area contributed by atoms with Crippen LogP contribution in [0.25, 0.3) is 16.5 Å². The Morgan fingerprint density at radius 3 is 2.60 bits per heavy atom. The summed E-state index contributed by atoms with van der Waals surface area (Å²) in [6.07, 6.45) is 0. The number of aromatic nitrogens is 3. The van der Waals surface area contributed by atoms with Crippen LogP contribution in [0.4, 0.5) is 0 Å². The summed E-state index contributed by atoms with van der Waals surface area (Å²) < 4.78 is 1.54. The zero-order valence-electron chi connectivity index (χ0n) is 11.4. The molecule has 0 aliphatic carbocycles. The summed E-state index contributed by atoms with van der Waals surface area (Å²) >= 11 is 0. The summed E-state index contributed by atoms with van der Waals surface area (Å²) in [6, 6.07) is 13.7. The number of rotatable bonds is 2. The van der Waals surface area contributed by atoms with Gasteiger partial charge in [-0.3, -0.25) is 0 Å². The normalized spacial score (nSPS) is 11.9. The van der Waals surface area contributed by atoms with Gasteiger partial charge in [0.05, 0.1) is 11.2 Å². The molecule has 0 spiro atoms. The molecule has 0 bridgehead atoms. The van der Waals surface area contributed by atoms with E-state index in [1.165, 1.54) is 0 Å². The van der Waals surface area contributed by atoms with Crippen LogP contribution in [0.2, 0.25) is 0 Å². The Kier molecular flexibility index (Phi) is 2.72. The van der Waals surface area contributed by atoms with Crippen LogP contribution in [-0.2, 0) is 5.54 Å². The molecule has 1 aromatic heterocycles. The van der Waals surface area contributed by atoms with Gasteiger partial charge in [0.15, 0.2) is 5.82 Å². The van der Waals surface area contributed by atoms with Crippen molar-refractivity contribution >= 4 is 10.8 Å². The van der Waals surface area contributed by atoms with Crippen molar-refractivity contribution in [2.45, 2.75) is 19.4 Å². The van der Waals surface area contributed by atoms with Crippen molar-refractivity contribution in [1.82, 2.24) is 14.8 Å². The van der Waals surface area contributed by atoms with Crippen molar-refractivity contribution in [1.29, 1.82) is 0 Å². The molecule has 0 saturated carbocycles. The maximum Gasteiger partial charge on any atom is 0.348 e. The lowest BCUT2D eigenvalue weighted by molar-refractivity contribution is 0.502. The molecule has 102 valence electrons. The third-order valence-corrected chi connectivity index (χ3v) is 3.26. The van der Waals surface area contributed by atoms with Gasteiger partial charge in [0.1, 0.15) is 0 Å². The molecule has 0 aliphatic heterocycles. The number of nitrogens with two attached hydrogens (primary N) is 1. The van der Waals surface area contributed by atoms with Crippen LogP contribution in [-0.4, -0.2) is 14.8 Å². The highest BCUT2D eigenvalue weighted by molar-refractivity contribution is 5.90. The van der Waals surface area contributed by atoms with Gasteiger partial charge in [-0.25, -0.2) is 14.5 Å². The molecule has 1 heterocycles. The number of hydrogen-bond donors (Lipinski definition) is 2. The lowest BCUT2D eigenvalue weighted by atomic mass is 10.0. The average Bonchev–Trinajstić information content (AvgIpc) is 2.80. The van der Waals surface area contributed by atoms with Crippen LogP contribution in [0.1, 0.15) is 19.7 Å². The fourth-order valence-electron chi connectivity index (χ4n) is 2.36. The molecule has 0 fully saturated rings. The quantitative estimate of drug-likeness (QED) is 0.745. The number of hydrogen-bond acceptors (Lipinski definition) is 3. The summed E-state index contributed by atoms with van der Waals surface area (Å²) in [4.78, 5) is 12.1. The van der Waals surface area contributed by atoms with Gasteiger partial charge in [-0.15, -0.1) is 0 Å². The number of fused-ring (bicyclic) bond motifs is 1. The highest BCUT2D eigenvalue weighted by atomic mass is 16.1. The lowest BCUT2D eigenvalue weighted by Crippen LogP contribution is -2.34. The van der Waals surface area contributed by atoms with Crippen LogP contribution in [0, 0.1) is 0 Å². The summed E-state index contributed by atoms with van der Waals surface area (Å²) in [6.45, 7) is 3.65. The Morgan fingerprint density at radius 1 is 1.15 bits per heavy atom. The first-order valence-corrected chi connectivity index (χ1v) is 6.43. The van der Waals surface area contributed by atoms with Gasteiger partial charge in [0, 0.05) is 5.39 Å². The third kappa shape index (κ3) is 1.92. The van der Waals surface area contributed by atoms with Crippen molar-refractivity contribution in [3.05, 3.63) is 58.8 Å². The van der Waals surface area contributed by atoms with Gasteiger partial charge in [0.2, 0.25) is 0 Å². The molecule has 20 heavy (non-hydrogen) atoms. The molecule has 0 amide bonds. The second-order valence-corrected chi connectivity index (χ2v) is 5.41. The third-order valence-electron chi connectivity index (χ3n) is 3.26. The second kappa shape index (κ2) is 4.31. The largest absolute Gasteiger partial charge is 0.348 e. The molecule has 0 radical (unpaired) electrons. The topological polar surface area (TPSA) is 76.7 Å². The number of H-pyrrole nitrogens is 1. The maximum atomic E-state index is 12.1. The van der Waals surface area contributed by atoms with Crippen molar-refractivity contribution in [3.63, 3.8) is 0 Å². The van der Waals surface area contributed by atoms with Crippen LogP contribution in [0.15, 0.2) is 47.3 Å². The summed E-state index contributed by atoms with van der Waals surface area (Å²) in [5.74, 6) is 0.513. The molecule has 5 nitrogen and oxygen atoms in total. The Balaban J connectivity index is 2.38. The fraction of sp³-hybridized carbons (Fsp3) is 0.200.